The standard InChI is InChI=1S/C36H28BrClN2O5S/c1-3-44-35(42)30-31(24-12-8-5-9-13-24)39-36-40(32(30)25-14-16-26(38)17-15-25)34(41)29(46-36)20-23-18-27(37)33(28(19-23)43-2)45-21-22-10-6-4-7-11-22/h4-20,32H,3,21H2,1-2H3/b29-20-/t32-/m0/s1. The van der Waals surface area contributed by atoms with Crippen molar-refractivity contribution in [3.63, 3.8) is 0 Å². The van der Waals surface area contributed by atoms with Crippen molar-refractivity contribution in [1.82, 2.24) is 4.57 Å². The van der Waals surface area contributed by atoms with Crippen molar-refractivity contribution in [3.8, 4) is 11.5 Å². The van der Waals surface area contributed by atoms with Gasteiger partial charge in [0.15, 0.2) is 16.3 Å². The fraction of sp³-hybridized carbons (Fsp3) is 0.139. The predicted octanol–water partition coefficient (Wildman–Crippen LogP) is 6.94. The third kappa shape index (κ3) is 6.44. The first-order chi connectivity index (χ1) is 22.4. The zero-order chi connectivity index (χ0) is 32.2. The van der Waals surface area contributed by atoms with Gasteiger partial charge in [-0.3, -0.25) is 9.36 Å². The van der Waals surface area contributed by atoms with Crippen molar-refractivity contribution < 1.29 is 19.0 Å². The molecule has 0 N–H and O–H groups in total. The van der Waals surface area contributed by atoms with Crippen LogP contribution in [0.5, 0.6) is 11.5 Å². The SMILES string of the molecule is CCOC(=O)C1=C(c2ccccc2)N=c2s/c(=C\c3cc(Br)c(OCc4ccccc4)c(OC)c3)c(=O)n2[C@H]1c1ccc(Cl)cc1. The number of rotatable bonds is 9. The van der Waals surface area contributed by atoms with Crippen molar-refractivity contribution in [2.24, 2.45) is 4.99 Å². The van der Waals surface area contributed by atoms with Crippen molar-refractivity contribution in [2.45, 2.75) is 19.6 Å². The van der Waals surface area contributed by atoms with E-state index < -0.39 is 12.0 Å². The molecule has 10 heteroatoms. The fourth-order valence-electron chi connectivity index (χ4n) is 5.25. The van der Waals surface area contributed by atoms with Gasteiger partial charge in [-0.1, -0.05) is 95.7 Å². The largest absolute Gasteiger partial charge is 0.493 e. The summed E-state index contributed by atoms with van der Waals surface area (Å²) in [4.78, 5) is 33.2. The fourth-order valence-corrected chi connectivity index (χ4v) is 6.95. The minimum atomic E-state index is -0.792. The number of carbonyl (C=O) groups is 1. The summed E-state index contributed by atoms with van der Waals surface area (Å²) in [6, 6.07) is 29.3. The molecule has 232 valence electrons. The monoisotopic (exact) mass is 714 g/mol. The third-order valence-electron chi connectivity index (χ3n) is 7.33. The molecule has 0 aliphatic carbocycles. The van der Waals surface area contributed by atoms with E-state index >= 15 is 0 Å². The molecule has 0 radical (unpaired) electrons. The van der Waals surface area contributed by atoms with Gasteiger partial charge in [-0.25, -0.2) is 9.79 Å². The smallest absolute Gasteiger partial charge is 0.338 e. The van der Waals surface area contributed by atoms with Crippen molar-refractivity contribution >= 4 is 56.6 Å². The Labute approximate surface area is 282 Å². The number of thiazole rings is 1. The van der Waals surface area contributed by atoms with Crippen LogP contribution in [0.3, 0.4) is 0 Å². The van der Waals surface area contributed by atoms with Crippen molar-refractivity contribution in [3.05, 3.63) is 154 Å². The van der Waals surface area contributed by atoms with Crippen LogP contribution < -0.4 is 24.4 Å². The number of halogens is 2. The topological polar surface area (TPSA) is 79.1 Å². The van der Waals surface area contributed by atoms with Crippen LogP contribution in [0, 0.1) is 0 Å². The second-order valence-electron chi connectivity index (χ2n) is 10.3. The summed E-state index contributed by atoms with van der Waals surface area (Å²) in [6.45, 7) is 2.28. The molecule has 6 rings (SSSR count). The molecule has 0 saturated carbocycles. The minimum absolute atomic E-state index is 0.171. The molecule has 1 atom stereocenters. The zero-order valence-electron chi connectivity index (χ0n) is 24.9. The number of hydrogen-bond donors (Lipinski definition) is 0. The van der Waals surface area contributed by atoms with Crippen LogP contribution in [0.2, 0.25) is 5.02 Å². The van der Waals surface area contributed by atoms with E-state index in [9.17, 15) is 9.59 Å². The van der Waals surface area contributed by atoms with E-state index in [-0.39, 0.29) is 17.7 Å². The van der Waals surface area contributed by atoms with Gasteiger partial charge in [-0.05, 0) is 69.9 Å². The highest BCUT2D eigenvalue weighted by atomic mass is 79.9. The van der Waals surface area contributed by atoms with Gasteiger partial charge >= 0.3 is 5.97 Å². The average Bonchev–Trinajstić information content (AvgIpc) is 3.38. The van der Waals surface area contributed by atoms with Gasteiger partial charge in [0.2, 0.25) is 0 Å². The molecule has 0 bridgehead atoms. The minimum Gasteiger partial charge on any atom is -0.493 e. The maximum absolute atomic E-state index is 14.2. The van der Waals surface area contributed by atoms with E-state index in [0.29, 0.717) is 48.2 Å². The van der Waals surface area contributed by atoms with Crippen LogP contribution >= 0.6 is 38.9 Å². The molecule has 2 heterocycles. The first kappa shape index (κ1) is 31.5. The molecule has 1 aromatic heterocycles. The Kier molecular flexibility index (Phi) is 9.53. The summed E-state index contributed by atoms with van der Waals surface area (Å²) in [7, 11) is 1.57. The summed E-state index contributed by atoms with van der Waals surface area (Å²) in [6.07, 6.45) is 1.78. The predicted molar refractivity (Wildman–Crippen MR) is 184 cm³/mol. The van der Waals surface area contributed by atoms with Crippen LogP contribution in [-0.4, -0.2) is 24.3 Å². The Morgan fingerprint density at radius 2 is 1.72 bits per heavy atom. The second-order valence-corrected chi connectivity index (χ2v) is 12.6. The van der Waals surface area contributed by atoms with E-state index in [1.807, 2.05) is 84.9 Å². The lowest BCUT2D eigenvalue weighted by Gasteiger charge is -2.25. The molecule has 7 nitrogen and oxygen atoms in total. The van der Waals surface area contributed by atoms with Crippen LogP contribution in [0.25, 0.3) is 11.8 Å². The van der Waals surface area contributed by atoms with Gasteiger partial charge in [0.05, 0.1) is 40.0 Å². The Morgan fingerprint density at radius 1 is 1.02 bits per heavy atom. The lowest BCUT2D eigenvalue weighted by Crippen LogP contribution is -2.40. The zero-order valence-corrected chi connectivity index (χ0v) is 28.1. The molecule has 1 aliphatic rings. The van der Waals surface area contributed by atoms with Crippen molar-refractivity contribution in [1.29, 1.82) is 0 Å². The molecule has 5 aromatic rings. The van der Waals surface area contributed by atoms with Gasteiger partial charge < -0.3 is 14.2 Å². The highest BCUT2D eigenvalue weighted by Gasteiger charge is 2.35. The molecular formula is C36H28BrClN2O5S. The van der Waals surface area contributed by atoms with Gasteiger partial charge in [0.1, 0.15) is 6.61 Å². The second kappa shape index (κ2) is 13.9. The maximum Gasteiger partial charge on any atom is 0.338 e. The molecule has 0 amide bonds. The van der Waals surface area contributed by atoms with Crippen LogP contribution in [0.4, 0.5) is 0 Å². The van der Waals surface area contributed by atoms with E-state index in [1.165, 1.54) is 11.3 Å². The lowest BCUT2D eigenvalue weighted by molar-refractivity contribution is -0.138. The number of esters is 1. The third-order valence-corrected chi connectivity index (χ3v) is 9.16. The Hall–Kier alpha value is -4.44. The van der Waals surface area contributed by atoms with E-state index in [1.54, 1.807) is 36.8 Å². The number of ether oxygens (including phenoxy) is 3. The lowest BCUT2D eigenvalue weighted by atomic mass is 9.93. The summed E-state index contributed by atoms with van der Waals surface area (Å²) >= 11 is 11.1. The van der Waals surface area contributed by atoms with Gasteiger partial charge in [0.25, 0.3) is 5.56 Å². The van der Waals surface area contributed by atoms with Crippen molar-refractivity contribution in [2.75, 3.05) is 13.7 Å². The summed E-state index contributed by atoms with van der Waals surface area (Å²) in [5, 5.41) is 0.539. The van der Waals surface area contributed by atoms with Crippen LogP contribution in [0.15, 0.2) is 117 Å². The highest BCUT2D eigenvalue weighted by Crippen LogP contribution is 2.38. The number of aromatic nitrogens is 1. The highest BCUT2D eigenvalue weighted by molar-refractivity contribution is 9.10. The molecular weight excluding hydrogens is 688 g/mol. The van der Waals surface area contributed by atoms with E-state index in [0.717, 1.165) is 16.7 Å². The van der Waals surface area contributed by atoms with Gasteiger partial charge in [-0.2, -0.15) is 0 Å². The average molecular weight is 716 g/mol. The summed E-state index contributed by atoms with van der Waals surface area (Å²) in [5.74, 6) is 0.526. The number of carbonyl (C=O) groups excluding carboxylic acids is 1. The Balaban J connectivity index is 1.50. The quantitative estimate of drug-likeness (QED) is 0.155. The van der Waals surface area contributed by atoms with Crippen LogP contribution in [0.1, 0.15) is 35.2 Å². The molecule has 0 fully saturated rings. The first-order valence-electron chi connectivity index (χ1n) is 14.5. The number of methoxy groups -OCH3 is 1. The molecule has 0 saturated heterocycles. The molecule has 1 aliphatic heterocycles. The summed E-state index contributed by atoms with van der Waals surface area (Å²) in [5.41, 5.74) is 3.62. The van der Waals surface area contributed by atoms with E-state index in [4.69, 9.17) is 30.8 Å². The number of fused-ring (bicyclic) bond motifs is 1. The van der Waals surface area contributed by atoms with Crippen LogP contribution in [-0.2, 0) is 16.1 Å². The number of hydrogen-bond acceptors (Lipinski definition) is 7. The molecule has 0 unspecified atom stereocenters. The summed E-state index contributed by atoms with van der Waals surface area (Å²) < 4.78 is 20.0. The first-order valence-corrected chi connectivity index (χ1v) is 16.4. The molecule has 46 heavy (non-hydrogen) atoms. The maximum atomic E-state index is 14.2. The molecule has 0 spiro atoms. The van der Waals surface area contributed by atoms with Gasteiger partial charge in [-0.15, -0.1) is 0 Å². The molecule has 4 aromatic carbocycles. The Morgan fingerprint density at radius 3 is 2.39 bits per heavy atom. The normalized spacial score (nSPS) is 14.4. The van der Waals surface area contributed by atoms with E-state index in [2.05, 4.69) is 15.9 Å². The number of nitrogens with zero attached hydrogens (tertiary/aromatic N) is 2. The Bertz CT molecular complexity index is 2110. The van der Waals surface area contributed by atoms with Gasteiger partial charge in [0, 0.05) is 10.6 Å². The number of benzene rings is 4.